The first-order valence-corrected chi connectivity index (χ1v) is 10.1. The van der Waals surface area contributed by atoms with Crippen molar-refractivity contribution in [1.29, 1.82) is 0 Å². The van der Waals surface area contributed by atoms with Crippen LogP contribution < -0.4 is 16.0 Å². The Hall–Kier alpha value is -2.13. The summed E-state index contributed by atoms with van der Waals surface area (Å²) in [6.45, 7) is 7.81. The van der Waals surface area contributed by atoms with E-state index in [1.807, 2.05) is 32.9 Å². The second-order valence-electron chi connectivity index (χ2n) is 5.93. The molecule has 1 aromatic carbocycles. The number of urea groups is 1. The molecule has 0 aliphatic rings. The standard InChI is InChI=1S/C17H23N5O2S2/c1-5-12-8-6-7-11(4)14(12)20-16-21-22-17(26-16)25-9-13(23)19-15(24)18-10(2)3/h6-8,10H,5,9H2,1-4H3,(H,20,21)(H2,18,19,23,24). The van der Waals surface area contributed by atoms with Crippen LogP contribution in [0.5, 0.6) is 0 Å². The minimum Gasteiger partial charge on any atom is -0.336 e. The molecule has 0 unspecified atom stereocenters. The Morgan fingerprint density at radius 2 is 2.04 bits per heavy atom. The fourth-order valence-electron chi connectivity index (χ4n) is 2.22. The number of aromatic nitrogens is 2. The van der Waals surface area contributed by atoms with Gasteiger partial charge in [-0.15, -0.1) is 10.2 Å². The van der Waals surface area contributed by atoms with Gasteiger partial charge in [-0.05, 0) is 38.3 Å². The summed E-state index contributed by atoms with van der Waals surface area (Å²) >= 11 is 2.62. The molecule has 0 saturated carbocycles. The number of nitrogens with zero attached hydrogens (tertiary/aromatic N) is 2. The van der Waals surface area contributed by atoms with Crippen LogP contribution in [-0.4, -0.2) is 33.9 Å². The monoisotopic (exact) mass is 393 g/mol. The van der Waals surface area contributed by atoms with E-state index < -0.39 is 6.03 Å². The minimum atomic E-state index is -0.489. The molecule has 1 aromatic heterocycles. The summed E-state index contributed by atoms with van der Waals surface area (Å²) in [5.74, 6) is -0.268. The van der Waals surface area contributed by atoms with Crippen molar-refractivity contribution < 1.29 is 9.59 Å². The van der Waals surface area contributed by atoms with Crippen molar-refractivity contribution in [3.05, 3.63) is 29.3 Å². The molecular formula is C17H23N5O2S2. The molecule has 9 heteroatoms. The van der Waals surface area contributed by atoms with Gasteiger partial charge in [0, 0.05) is 11.7 Å². The van der Waals surface area contributed by atoms with Crippen LogP contribution in [0.4, 0.5) is 15.6 Å². The lowest BCUT2D eigenvalue weighted by atomic mass is 10.1. The van der Waals surface area contributed by atoms with Crippen LogP contribution in [0.2, 0.25) is 0 Å². The molecule has 140 valence electrons. The first-order chi connectivity index (χ1) is 12.4. The zero-order valence-electron chi connectivity index (χ0n) is 15.3. The van der Waals surface area contributed by atoms with Crippen LogP contribution in [0.15, 0.2) is 22.5 Å². The largest absolute Gasteiger partial charge is 0.336 e. The number of nitrogens with one attached hydrogen (secondary N) is 3. The summed E-state index contributed by atoms with van der Waals surface area (Å²) < 4.78 is 0.665. The van der Waals surface area contributed by atoms with E-state index in [4.69, 9.17) is 0 Å². The van der Waals surface area contributed by atoms with E-state index in [2.05, 4.69) is 39.1 Å². The third-order valence-electron chi connectivity index (χ3n) is 3.38. The summed E-state index contributed by atoms with van der Waals surface area (Å²) in [4.78, 5) is 23.3. The highest BCUT2D eigenvalue weighted by Crippen LogP contribution is 2.30. The highest BCUT2D eigenvalue weighted by Gasteiger charge is 2.12. The van der Waals surface area contributed by atoms with Gasteiger partial charge in [-0.25, -0.2) is 4.79 Å². The predicted octanol–water partition coefficient (Wildman–Crippen LogP) is 3.48. The Bertz CT molecular complexity index is 776. The molecule has 3 N–H and O–H groups in total. The lowest BCUT2D eigenvalue weighted by Gasteiger charge is -2.11. The zero-order chi connectivity index (χ0) is 19.1. The smallest absolute Gasteiger partial charge is 0.321 e. The van der Waals surface area contributed by atoms with Crippen molar-refractivity contribution in [2.24, 2.45) is 0 Å². The molecule has 0 radical (unpaired) electrons. The van der Waals surface area contributed by atoms with Gasteiger partial charge >= 0.3 is 6.03 Å². The number of hydrogen-bond donors (Lipinski definition) is 3. The van der Waals surface area contributed by atoms with Gasteiger partial charge in [0.2, 0.25) is 11.0 Å². The molecule has 0 spiro atoms. The van der Waals surface area contributed by atoms with Crippen molar-refractivity contribution in [1.82, 2.24) is 20.8 Å². The Labute approximate surface area is 161 Å². The molecule has 7 nitrogen and oxygen atoms in total. The van der Waals surface area contributed by atoms with Gasteiger partial charge in [0.1, 0.15) is 0 Å². The molecule has 2 aromatic rings. The van der Waals surface area contributed by atoms with Crippen LogP contribution in [0, 0.1) is 6.92 Å². The Kier molecular flexibility index (Phi) is 7.40. The van der Waals surface area contributed by atoms with E-state index in [-0.39, 0.29) is 17.7 Å². The normalized spacial score (nSPS) is 10.7. The van der Waals surface area contributed by atoms with Crippen molar-refractivity contribution in [3.8, 4) is 0 Å². The fourth-order valence-corrected chi connectivity index (χ4v) is 3.77. The van der Waals surface area contributed by atoms with Gasteiger partial charge in [-0.3, -0.25) is 10.1 Å². The summed E-state index contributed by atoms with van der Waals surface area (Å²) in [5.41, 5.74) is 3.40. The highest BCUT2D eigenvalue weighted by atomic mass is 32.2. The van der Waals surface area contributed by atoms with Crippen LogP contribution in [0.3, 0.4) is 0 Å². The molecule has 0 bridgehead atoms. The minimum absolute atomic E-state index is 0.0262. The molecule has 0 saturated heterocycles. The Morgan fingerprint density at radius 1 is 1.27 bits per heavy atom. The van der Waals surface area contributed by atoms with Crippen molar-refractivity contribution in [2.75, 3.05) is 11.1 Å². The molecule has 0 aliphatic heterocycles. The number of anilines is 2. The number of rotatable bonds is 7. The highest BCUT2D eigenvalue weighted by molar-refractivity contribution is 8.01. The molecule has 0 aliphatic carbocycles. The van der Waals surface area contributed by atoms with Crippen molar-refractivity contribution in [3.63, 3.8) is 0 Å². The maximum absolute atomic E-state index is 11.8. The number of hydrogen-bond acceptors (Lipinski definition) is 7. The second-order valence-corrected chi connectivity index (χ2v) is 8.13. The second kappa shape index (κ2) is 9.54. The van der Waals surface area contributed by atoms with Gasteiger partial charge < -0.3 is 10.6 Å². The lowest BCUT2D eigenvalue weighted by molar-refractivity contribution is -0.117. The zero-order valence-corrected chi connectivity index (χ0v) is 16.9. The average Bonchev–Trinajstić information content (AvgIpc) is 3.01. The average molecular weight is 394 g/mol. The number of para-hydroxylation sites is 1. The maximum Gasteiger partial charge on any atom is 0.321 e. The molecule has 2 rings (SSSR count). The van der Waals surface area contributed by atoms with Gasteiger partial charge in [0.15, 0.2) is 4.34 Å². The van der Waals surface area contributed by atoms with E-state index in [9.17, 15) is 9.59 Å². The number of amides is 3. The van der Waals surface area contributed by atoms with Crippen LogP contribution in [-0.2, 0) is 11.2 Å². The van der Waals surface area contributed by atoms with E-state index >= 15 is 0 Å². The fraction of sp³-hybridized carbons (Fsp3) is 0.412. The number of thioether (sulfide) groups is 1. The Morgan fingerprint density at radius 3 is 2.73 bits per heavy atom. The topological polar surface area (TPSA) is 96.0 Å². The van der Waals surface area contributed by atoms with Crippen LogP contribution >= 0.6 is 23.1 Å². The quantitative estimate of drug-likeness (QED) is 0.623. The number of imide groups is 1. The van der Waals surface area contributed by atoms with Crippen LogP contribution in [0.1, 0.15) is 31.9 Å². The molecule has 1 heterocycles. The van der Waals surface area contributed by atoms with Gasteiger partial charge in [-0.2, -0.15) is 0 Å². The third-order valence-corrected chi connectivity index (χ3v) is 5.35. The predicted molar refractivity (Wildman–Crippen MR) is 106 cm³/mol. The molecule has 0 atom stereocenters. The number of aryl methyl sites for hydroxylation is 2. The van der Waals surface area contributed by atoms with Gasteiger partial charge in [0.05, 0.1) is 5.75 Å². The van der Waals surface area contributed by atoms with Gasteiger partial charge in [-0.1, -0.05) is 48.2 Å². The van der Waals surface area contributed by atoms with Crippen molar-refractivity contribution in [2.45, 2.75) is 44.5 Å². The molecule has 0 fully saturated rings. The number of benzene rings is 1. The summed E-state index contributed by atoms with van der Waals surface area (Å²) in [6, 6.07) is 5.65. The number of carbonyl (C=O) groups is 2. The van der Waals surface area contributed by atoms with E-state index in [1.165, 1.54) is 28.7 Å². The van der Waals surface area contributed by atoms with E-state index in [0.717, 1.165) is 17.7 Å². The third kappa shape index (κ3) is 5.99. The summed E-state index contributed by atoms with van der Waals surface area (Å²) in [5, 5.41) is 17.1. The SMILES string of the molecule is CCc1cccc(C)c1Nc1nnc(SCC(=O)NC(=O)NC(C)C)s1. The molecular weight excluding hydrogens is 370 g/mol. The van der Waals surface area contributed by atoms with Crippen LogP contribution in [0.25, 0.3) is 0 Å². The lowest BCUT2D eigenvalue weighted by Crippen LogP contribution is -2.43. The summed E-state index contributed by atoms with van der Waals surface area (Å²) in [6.07, 6.45) is 0.920. The van der Waals surface area contributed by atoms with Gasteiger partial charge in [0.25, 0.3) is 0 Å². The number of carbonyl (C=O) groups excluding carboxylic acids is 2. The van der Waals surface area contributed by atoms with E-state index in [0.29, 0.717) is 9.47 Å². The maximum atomic E-state index is 11.8. The molecule has 3 amide bonds. The molecule has 26 heavy (non-hydrogen) atoms. The first kappa shape index (κ1) is 20.2. The van der Waals surface area contributed by atoms with E-state index in [1.54, 1.807) is 0 Å². The first-order valence-electron chi connectivity index (χ1n) is 8.31. The Balaban J connectivity index is 1.90. The van der Waals surface area contributed by atoms with Crippen molar-refractivity contribution >= 4 is 45.9 Å². The summed E-state index contributed by atoms with van der Waals surface area (Å²) in [7, 11) is 0.